The predicted molar refractivity (Wildman–Crippen MR) is 241 cm³/mol. The topological polar surface area (TPSA) is 3.24 Å². The number of thiophene rings is 2. The van der Waals surface area contributed by atoms with Gasteiger partial charge in [-0.25, -0.2) is 0 Å². The zero-order valence-corrected chi connectivity index (χ0v) is 31.4. The fourth-order valence-electron chi connectivity index (χ4n) is 8.35. The van der Waals surface area contributed by atoms with Crippen LogP contribution in [0.25, 0.3) is 84.5 Å². The molecule has 0 N–H and O–H groups in total. The van der Waals surface area contributed by atoms with Gasteiger partial charge in [0.1, 0.15) is 0 Å². The molecule has 11 rings (SSSR count). The Morgan fingerprint density at radius 2 is 0.927 bits per heavy atom. The molecule has 0 amide bonds. The van der Waals surface area contributed by atoms with E-state index in [-0.39, 0.29) is 0 Å². The highest BCUT2D eigenvalue weighted by molar-refractivity contribution is 7.27. The fraction of sp³-hybridized carbons (Fsp3) is 0. The van der Waals surface area contributed by atoms with Crippen molar-refractivity contribution >= 4 is 90.9 Å². The average molecular weight is 736 g/mol. The summed E-state index contributed by atoms with van der Waals surface area (Å²) in [7, 11) is 0. The van der Waals surface area contributed by atoms with E-state index in [1.807, 2.05) is 22.7 Å². The Kier molecular flexibility index (Phi) is 7.61. The Morgan fingerprint density at radius 1 is 0.327 bits per heavy atom. The molecule has 2 heterocycles. The Balaban J connectivity index is 1.12. The summed E-state index contributed by atoms with van der Waals surface area (Å²) in [6.07, 6.45) is 0. The van der Waals surface area contributed by atoms with Gasteiger partial charge in [-0.2, -0.15) is 0 Å². The molecule has 0 radical (unpaired) electrons. The Morgan fingerprint density at radius 3 is 1.82 bits per heavy atom. The number of hydrogen-bond donors (Lipinski definition) is 0. The number of rotatable bonds is 6. The third-order valence-corrected chi connectivity index (χ3v) is 13.3. The highest BCUT2D eigenvalue weighted by Crippen LogP contribution is 2.48. The maximum atomic E-state index is 2.46. The lowest BCUT2D eigenvalue weighted by molar-refractivity contribution is 1.30. The van der Waals surface area contributed by atoms with Gasteiger partial charge < -0.3 is 4.90 Å². The van der Waals surface area contributed by atoms with E-state index in [4.69, 9.17) is 0 Å². The zero-order chi connectivity index (χ0) is 36.3. The average Bonchev–Trinajstić information content (AvgIpc) is 3.84. The van der Waals surface area contributed by atoms with Crippen LogP contribution in [0, 0.1) is 0 Å². The minimum absolute atomic E-state index is 1.12. The van der Waals surface area contributed by atoms with Gasteiger partial charge in [-0.1, -0.05) is 158 Å². The predicted octanol–water partition coefficient (Wildman–Crippen LogP) is 16.0. The van der Waals surface area contributed by atoms with Crippen LogP contribution in [0.3, 0.4) is 0 Å². The van der Waals surface area contributed by atoms with E-state index in [9.17, 15) is 0 Å². The van der Waals surface area contributed by atoms with E-state index in [0.29, 0.717) is 0 Å². The van der Waals surface area contributed by atoms with Gasteiger partial charge >= 0.3 is 0 Å². The molecule has 9 aromatic carbocycles. The van der Waals surface area contributed by atoms with Gasteiger partial charge in [0.15, 0.2) is 0 Å². The number of hydrogen-bond acceptors (Lipinski definition) is 3. The largest absolute Gasteiger partial charge is 0.309 e. The van der Waals surface area contributed by atoms with E-state index < -0.39 is 0 Å². The number of fused-ring (bicyclic) bond motifs is 7. The van der Waals surface area contributed by atoms with Crippen molar-refractivity contribution in [2.24, 2.45) is 0 Å². The van der Waals surface area contributed by atoms with Gasteiger partial charge in [0.05, 0.1) is 10.4 Å². The second-order valence-corrected chi connectivity index (χ2v) is 16.1. The lowest BCUT2D eigenvalue weighted by Crippen LogP contribution is -2.10. The second-order valence-electron chi connectivity index (χ2n) is 14.0. The van der Waals surface area contributed by atoms with Gasteiger partial charge in [-0.15, -0.1) is 22.7 Å². The first-order chi connectivity index (χ1) is 27.3. The normalized spacial score (nSPS) is 11.6. The first-order valence-corrected chi connectivity index (χ1v) is 20.3. The van der Waals surface area contributed by atoms with E-state index >= 15 is 0 Å². The van der Waals surface area contributed by atoms with Gasteiger partial charge in [0.2, 0.25) is 0 Å². The minimum atomic E-state index is 1.12. The molecular formula is C52H33NS2. The summed E-state index contributed by atoms with van der Waals surface area (Å²) < 4.78 is 5.22. The molecule has 258 valence electrons. The van der Waals surface area contributed by atoms with Crippen LogP contribution in [0.15, 0.2) is 200 Å². The lowest BCUT2D eigenvalue weighted by Gasteiger charge is -2.27. The standard InChI is InChI=1S/C52H33NS2/c1-2-13-35(14-3-1)43-23-10-24-44-45-25-11-26-47(52(45)55-51(43)44)53(38-31-29-36(30-32-38)41-21-9-16-34-15-4-5-19-40(34)41)39-18-8-17-37(33-39)42-22-12-28-49-50(42)46-20-6-7-27-48(46)54-49/h1-33H. The first-order valence-electron chi connectivity index (χ1n) is 18.7. The van der Waals surface area contributed by atoms with E-state index in [2.05, 4.69) is 205 Å². The second kappa shape index (κ2) is 13.1. The minimum Gasteiger partial charge on any atom is -0.309 e. The van der Waals surface area contributed by atoms with Crippen LogP contribution >= 0.6 is 22.7 Å². The number of nitrogens with zero attached hydrogens (tertiary/aromatic N) is 1. The summed E-state index contributed by atoms with van der Waals surface area (Å²) in [5, 5.41) is 7.72. The molecule has 1 nitrogen and oxygen atoms in total. The van der Waals surface area contributed by atoms with Crippen LogP contribution in [0.5, 0.6) is 0 Å². The van der Waals surface area contributed by atoms with Crippen molar-refractivity contribution < 1.29 is 0 Å². The van der Waals surface area contributed by atoms with Crippen molar-refractivity contribution in [3.05, 3.63) is 200 Å². The van der Waals surface area contributed by atoms with Crippen LogP contribution < -0.4 is 4.90 Å². The summed E-state index contributed by atoms with van der Waals surface area (Å²) in [5.41, 5.74) is 10.8. The van der Waals surface area contributed by atoms with Crippen molar-refractivity contribution in [1.29, 1.82) is 0 Å². The summed E-state index contributed by atoms with van der Waals surface area (Å²) in [4.78, 5) is 2.46. The number of anilines is 3. The third-order valence-electron chi connectivity index (χ3n) is 10.9. The molecule has 11 aromatic rings. The molecule has 0 saturated heterocycles. The lowest BCUT2D eigenvalue weighted by atomic mass is 9.97. The van der Waals surface area contributed by atoms with Gasteiger partial charge in [-0.05, 0) is 86.6 Å². The highest BCUT2D eigenvalue weighted by Gasteiger charge is 2.21. The Bertz CT molecular complexity index is 3200. The molecule has 0 aliphatic rings. The molecule has 0 saturated carbocycles. The zero-order valence-electron chi connectivity index (χ0n) is 29.8. The van der Waals surface area contributed by atoms with Crippen molar-refractivity contribution in [1.82, 2.24) is 0 Å². The van der Waals surface area contributed by atoms with Crippen LogP contribution in [-0.2, 0) is 0 Å². The van der Waals surface area contributed by atoms with Gasteiger partial charge in [0, 0.05) is 47.0 Å². The highest BCUT2D eigenvalue weighted by atomic mass is 32.1. The molecule has 55 heavy (non-hydrogen) atoms. The van der Waals surface area contributed by atoms with Crippen molar-refractivity contribution in [2.75, 3.05) is 4.90 Å². The molecule has 0 fully saturated rings. The number of benzene rings is 9. The van der Waals surface area contributed by atoms with E-state index in [1.165, 1.54) is 90.2 Å². The summed E-state index contributed by atoms with van der Waals surface area (Å²) >= 11 is 3.76. The molecule has 0 spiro atoms. The van der Waals surface area contributed by atoms with Crippen LogP contribution in [0.4, 0.5) is 17.1 Å². The van der Waals surface area contributed by atoms with Crippen molar-refractivity contribution in [2.45, 2.75) is 0 Å². The molecule has 0 aliphatic carbocycles. The SMILES string of the molecule is c1ccc(-c2cccc3c2sc2c(N(c4ccc(-c5cccc6ccccc56)cc4)c4cccc(-c5cccc6sc7ccccc7c56)c4)cccc23)cc1. The molecule has 0 atom stereocenters. The van der Waals surface area contributed by atoms with Crippen molar-refractivity contribution in [3.63, 3.8) is 0 Å². The monoisotopic (exact) mass is 735 g/mol. The molecular weight excluding hydrogens is 703 g/mol. The van der Waals surface area contributed by atoms with Crippen LogP contribution in [-0.4, -0.2) is 0 Å². The Labute approximate surface area is 327 Å². The first kappa shape index (κ1) is 32.0. The molecule has 0 bridgehead atoms. The third kappa shape index (κ3) is 5.35. The maximum absolute atomic E-state index is 2.46. The van der Waals surface area contributed by atoms with E-state index in [1.54, 1.807) is 0 Å². The summed E-state index contributed by atoms with van der Waals surface area (Å²) in [6.45, 7) is 0. The van der Waals surface area contributed by atoms with E-state index in [0.717, 1.165) is 11.4 Å². The van der Waals surface area contributed by atoms with Gasteiger partial charge in [-0.3, -0.25) is 0 Å². The summed E-state index contributed by atoms with van der Waals surface area (Å²) in [5.74, 6) is 0. The van der Waals surface area contributed by atoms with Crippen LogP contribution in [0.1, 0.15) is 0 Å². The maximum Gasteiger partial charge on any atom is 0.0640 e. The van der Waals surface area contributed by atoms with Gasteiger partial charge in [0.25, 0.3) is 0 Å². The van der Waals surface area contributed by atoms with Crippen molar-refractivity contribution in [3.8, 4) is 33.4 Å². The molecule has 2 aromatic heterocycles. The molecule has 0 unspecified atom stereocenters. The Hall–Kier alpha value is -6.52. The van der Waals surface area contributed by atoms with Crippen LogP contribution in [0.2, 0.25) is 0 Å². The molecule has 3 heteroatoms. The molecule has 0 aliphatic heterocycles. The summed E-state index contributed by atoms with van der Waals surface area (Å²) in [6, 6.07) is 73.3. The smallest absolute Gasteiger partial charge is 0.0640 e. The quantitative estimate of drug-likeness (QED) is 0.164. The fourth-order valence-corrected chi connectivity index (χ4v) is 10.8.